The third-order valence-electron chi connectivity index (χ3n) is 9.48. The maximum atomic E-state index is 14.4. The average Bonchev–Trinajstić information content (AvgIpc) is 3.47. The zero-order chi connectivity index (χ0) is 29.1. The molecule has 1 spiro atoms. The molecule has 4 saturated heterocycles. The summed E-state index contributed by atoms with van der Waals surface area (Å²) in [6.07, 6.45) is 6.40. The molecular formula is C30H47N3O7. The summed E-state index contributed by atoms with van der Waals surface area (Å²) in [6.45, 7) is 17.5. The second-order valence-electron chi connectivity index (χ2n) is 12.0. The summed E-state index contributed by atoms with van der Waals surface area (Å²) in [7, 11) is 0. The lowest BCUT2D eigenvalue weighted by atomic mass is 9.62. The van der Waals surface area contributed by atoms with Crippen LogP contribution in [0.25, 0.3) is 0 Å². The summed E-state index contributed by atoms with van der Waals surface area (Å²) in [5.41, 5.74) is -2.10. The van der Waals surface area contributed by atoms with Gasteiger partial charge in [0.25, 0.3) is 0 Å². The van der Waals surface area contributed by atoms with E-state index in [1.807, 2.05) is 19.9 Å². The van der Waals surface area contributed by atoms with Gasteiger partial charge in [-0.15, -0.1) is 13.2 Å². The van der Waals surface area contributed by atoms with Gasteiger partial charge in [-0.2, -0.15) is 0 Å². The highest BCUT2D eigenvalue weighted by atomic mass is 16.6. The van der Waals surface area contributed by atoms with E-state index in [0.717, 1.165) is 25.9 Å². The van der Waals surface area contributed by atoms with Crippen molar-refractivity contribution in [1.29, 1.82) is 0 Å². The number of aliphatic hydroxyl groups excluding tert-OH is 1. The van der Waals surface area contributed by atoms with Gasteiger partial charge in [0.05, 0.1) is 44.0 Å². The lowest BCUT2D eigenvalue weighted by Gasteiger charge is -2.39. The van der Waals surface area contributed by atoms with Gasteiger partial charge in [-0.3, -0.25) is 19.3 Å². The minimum absolute atomic E-state index is 0.0734. The fourth-order valence-electron chi connectivity index (χ4n) is 7.24. The van der Waals surface area contributed by atoms with Crippen LogP contribution in [0.2, 0.25) is 0 Å². The van der Waals surface area contributed by atoms with E-state index in [-0.39, 0.29) is 30.9 Å². The maximum Gasteiger partial charge on any atom is 0.312 e. The number of nitrogens with zero attached hydrogens (tertiary/aromatic N) is 3. The van der Waals surface area contributed by atoms with Crippen LogP contribution in [0.3, 0.4) is 0 Å². The van der Waals surface area contributed by atoms with Gasteiger partial charge in [0.2, 0.25) is 11.8 Å². The van der Waals surface area contributed by atoms with Gasteiger partial charge in [-0.25, -0.2) is 0 Å². The Labute approximate surface area is 238 Å². The van der Waals surface area contributed by atoms with Crippen molar-refractivity contribution < 1.29 is 33.7 Å². The Morgan fingerprint density at radius 3 is 2.62 bits per heavy atom. The number of allylic oxidation sites excluding steroid dienone is 1. The Morgan fingerprint density at radius 1 is 1.25 bits per heavy atom. The highest BCUT2D eigenvalue weighted by Gasteiger charge is 2.80. The lowest BCUT2D eigenvalue weighted by molar-refractivity contribution is -0.163. The van der Waals surface area contributed by atoms with Crippen LogP contribution in [-0.2, 0) is 28.6 Å². The molecule has 4 fully saturated rings. The summed E-state index contributed by atoms with van der Waals surface area (Å²) in [5.74, 6) is -2.75. The molecule has 0 aromatic carbocycles. The van der Waals surface area contributed by atoms with E-state index in [1.54, 1.807) is 17.9 Å². The van der Waals surface area contributed by atoms with Crippen LogP contribution in [0.5, 0.6) is 0 Å². The first kappa shape index (κ1) is 30.7. The van der Waals surface area contributed by atoms with Crippen molar-refractivity contribution >= 4 is 17.8 Å². The summed E-state index contributed by atoms with van der Waals surface area (Å²) in [6, 6.07) is -1.57. The Hall–Kier alpha value is -2.27. The molecule has 2 bridgehead atoms. The molecule has 0 aliphatic carbocycles. The molecule has 40 heavy (non-hydrogen) atoms. The standard InChI is InChI=1S/C30H47N3O7/c1-6-8-9-10-16-39-28(37)24-23-26(35)33(22(4)20-34)25(30(23)19-21(3)29(24,5)40-30)27(36)32(11-7-2)13-12-31-14-17-38-18-15-31/h6-7,21-25,34H,1-2,8-20H2,3-5H3/t21?,22-,23+,24-,25?,29+,30?/m1/s1. The summed E-state index contributed by atoms with van der Waals surface area (Å²) in [5, 5.41) is 10.1. The summed E-state index contributed by atoms with van der Waals surface area (Å²) >= 11 is 0. The van der Waals surface area contributed by atoms with Crippen LogP contribution in [0.4, 0.5) is 0 Å². The Morgan fingerprint density at radius 2 is 1.98 bits per heavy atom. The molecule has 4 aliphatic heterocycles. The van der Waals surface area contributed by atoms with Gasteiger partial charge >= 0.3 is 5.97 Å². The number of fused-ring (bicyclic) bond motifs is 1. The average molecular weight is 562 g/mol. The van der Waals surface area contributed by atoms with Gasteiger partial charge in [0.15, 0.2) is 0 Å². The van der Waals surface area contributed by atoms with Crippen molar-refractivity contribution in [3.8, 4) is 0 Å². The van der Waals surface area contributed by atoms with Gasteiger partial charge in [-0.1, -0.05) is 19.1 Å². The number of amides is 2. The number of likely N-dealkylation sites (tertiary alicyclic amines) is 1. The molecule has 10 heteroatoms. The number of hydrogen-bond donors (Lipinski definition) is 1. The molecule has 4 heterocycles. The van der Waals surface area contributed by atoms with E-state index in [2.05, 4.69) is 18.1 Å². The van der Waals surface area contributed by atoms with Gasteiger partial charge < -0.3 is 29.1 Å². The predicted octanol–water partition coefficient (Wildman–Crippen LogP) is 1.62. The smallest absolute Gasteiger partial charge is 0.312 e. The number of carbonyl (C=O) groups excluding carboxylic acids is 3. The fraction of sp³-hybridized carbons (Fsp3) is 0.767. The van der Waals surface area contributed by atoms with Gasteiger partial charge in [-0.05, 0) is 45.4 Å². The van der Waals surface area contributed by atoms with Crippen LogP contribution >= 0.6 is 0 Å². The van der Waals surface area contributed by atoms with Crippen molar-refractivity contribution in [2.45, 2.75) is 69.7 Å². The Balaban J connectivity index is 1.63. The monoisotopic (exact) mass is 561 g/mol. The third kappa shape index (κ3) is 5.35. The van der Waals surface area contributed by atoms with Crippen molar-refractivity contribution in [2.24, 2.45) is 17.8 Å². The number of rotatable bonds is 14. The first-order valence-electron chi connectivity index (χ1n) is 14.8. The molecular weight excluding hydrogens is 514 g/mol. The maximum absolute atomic E-state index is 14.4. The van der Waals surface area contributed by atoms with E-state index < -0.39 is 41.1 Å². The van der Waals surface area contributed by atoms with E-state index in [0.29, 0.717) is 45.7 Å². The number of morpholine rings is 1. The Bertz CT molecular complexity index is 969. The number of esters is 1. The lowest BCUT2D eigenvalue weighted by Crippen LogP contribution is -2.59. The van der Waals surface area contributed by atoms with Crippen molar-refractivity contribution in [2.75, 3.05) is 59.2 Å². The van der Waals surface area contributed by atoms with E-state index in [1.165, 1.54) is 4.90 Å². The largest absolute Gasteiger partial charge is 0.465 e. The molecule has 0 saturated carbocycles. The number of unbranched alkanes of at least 4 members (excludes halogenated alkanes) is 2. The quantitative estimate of drug-likeness (QED) is 0.194. The Kier molecular flexibility index (Phi) is 9.75. The second kappa shape index (κ2) is 12.7. The number of hydrogen-bond acceptors (Lipinski definition) is 8. The van der Waals surface area contributed by atoms with Crippen molar-refractivity contribution in [3.05, 3.63) is 25.3 Å². The molecule has 7 atom stereocenters. The highest BCUT2D eigenvalue weighted by molar-refractivity contribution is 5.98. The highest BCUT2D eigenvalue weighted by Crippen LogP contribution is 2.65. The minimum atomic E-state index is -1.17. The minimum Gasteiger partial charge on any atom is -0.465 e. The van der Waals surface area contributed by atoms with E-state index in [4.69, 9.17) is 14.2 Å². The first-order valence-corrected chi connectivity index (χ1v) is 14.8. The zero-order valence-corrected chi connectivity index (χ0v) is 24.4. The summed E-state index contributed by atoms with van der Waals surface area (Å²) < 4.78 is 17.9. The van der Waals surface area contributed by atoms with Crippen LogP contribution in [0.1, 0.15) is 46.5 Å². The fourth-order valence-corrected chi connectivity index (χ4v) is 7.24. The molecule has 0 radical (unpaired) electrons. The SMILES string of the molecule is C=CCCCCOC(=O)[C@H]1[C@H]2C(=O)N([C@H](C)CO)C(C(=O)N(CC=C)CCN3CCOCC3)C23CC(C)[C@]1(C)O3. The van der Waals surface area contributed by atoms with Crippen LogP contribution < -0.4 is 0 Å². The molecule has 4 aliphatic rings. The zero-order valence-electron chi connectivity index (χ0n) is 24.4. The molecule has 2 amide bonds. The second-order valence-corrected chi connectivity index (χ2v) is 12.0. The molecule has 0 aromatic heterocycles. The number of ether oxygens (including phenoxy) is 3. The molecule has 224 valence electrons. The predicted molar refractivity (Wildman–Crippen MR) is 149 cm³/mol. The van der Waals surface area contributed by atoms with E-state index in [9.17, 15) is 19.5 Å². The molecule has 0 aromatic rings. The normalized spacial score (nSPS) is 34.0. The molecule has 1 N–H and O–H groups in total. The topological polar surface area (TPSA) is 109 Å². The van der Waals surface area contributed by atoms with Gasteiger partial charge in [0.1, 0.15) is 17.6 Å². The third-order valence-corrected chi connectivity index (χ3v) is 9.48. The van der Waals surface area contributed by atoms with Crippen LogP contribution in [0, 0.1) is 17.8 Å². The van der Waals surface area contributed by atoms with Gasteiger partial charge in [0, 0.05) is 32.7 Å². The summed E-state index contributed by atoms with van der Waals surface area (Å²) in [4.78, 5) is 47.6. The first-order chi connectivity index (χ1) is 19.2. The van der Waals surface area contributed by atoms with Crippen molar-refractivity contribution in [1.82, 2.24) is 14.7 Å². The number of aliphatic hydroxyl groups is 1. The molecule has 3 unspecified atom stereocenters. The molecule has 4 rings (SSSR count). The number of carbonyl (C=O) groups is 3. The molecule has 10 nitrogen and oxygen atoms in total. The van der Waals surface area contributed by atoms with Crippen molar-refractivity contribution in [3.63, 3.8) is 0 Å². The van der Waals surface area contributed by atoms with E-state index >= 15 is 0 Å². The van der Waals surface area contributed by atoms with Crippen LogP contribution in [0.15, 0.2) is 25.3 Å². The van der Waals surface area contributed by atoms with Crippen LogP contribution in [-0.4, -0.2) is 120 Å².